The normalized spacial score (nSPS) is 20.6. The Kier molecular flexibility index (Phi) is 7.96. The minimum absolute atomic E-state index is 0.0706. The van der Waals surface area contributed by atoms with Gasteiger partial charge in [0.2, 0.25) is 13.3 Å². The van der Waals surface area contributed by atoms with Crippen molar-refractivity contribution in [1.29, 1.82) is 0 Å². The lowest BCUT2D eigenvalue weighted by molar-refractivity contribution is -0.141. The second-order valence-electron chi connectivity index (χ2n) is 7.36. The second-order valence-corrected chi connectivity index (χ2v) is 9.83. The fraction of sp³-hybridized carbons (Fsp3) is 0.526. The number of nitrogens with two attached hydrogens (primary N) is 1. The van der Waals surface area contributed by atoms with E-state index in [9.17, 15) is 28.9 Å². The van der Waals surface area contributed by atoms with Crippen molar-refractivity contribution in [2.24, 2.45) is 11.7 Å². The number of amides is 1. The maximum atomic E-state index is 13.1. The molecule has 5 N–H and O–H groups in total. The third-order valence-electron chi connectivity index (χ3n) is 5.11. The van der Waals surface area contributed by atoms with E-state index in [0.717, 1.165) is 5.56 Å². The maximum Gasteiger partial charge on any atom is 0.307 e. The highest BCUT2D eigenvalue weighted by atomic mass is 31.2. The number of nitrogens with zero attached hydrogens (tertiary/aromatic N) is 1. The van der Waals surface area contributed by atoms with Crippen LogP contribution in [-0.2, 0) is 25.4 Å². The van der Waals surface area contributed by atoms with Crippen molar-refractivity contribution < 1.29 is 34.1 Å². The molecule has 0 aliphatic carbocycles. The molecule has 1 unspecified atom stereocenters. The molecule has 0 bridgehead atoms. The van der Waals surface area contributed by atoms with Crippen molar-refractivity contribution in [3.63, 3.8) is 0 Å². The summed E-state index contributed by atoms with van der Waals surface area (Å²) in [4.78, 5) is 46.9. The summed E-state index contributed by atoms with van der Waals surface area (Å²) in [6, 6.07) is 7.76. The van der Waals surface area contributed by atoms with Crippen molar-refractivity contribution in [3.05, 3.63) is 35.9 Å². The summed E-state index contributed by atoms with van der Waals surface area (Å²) in [5.41, 5.74) is 6.53. The van der Waals surface area contributed by atoms with Crippen LogP contribution in [0.15, 0.2) is 30.3 Å². The lowest BCUT2D eigenvalue weighted by Gasteiger charge is -2.31. The Bertz CT molecular complexity index is 786. The number of benzene rings is 1. The van der Waals surface area contributed by atoms with Gasteiger partial charge in [-0.2, -0.15) is 0 Å². The molecule has 1 aromatic carbocycles. The Hall–Kier alpha value is -2.22. The molecule has 1 heterocycles. The van der Waals surface area contributed by atoms with Gasteiger partial charge in [-0.05, 0) is 31.2 Å². The third kappa shape index (κ3) is 6.39. The van der Waals surface area contributed by atoms with Crippen LogP contribution in [0, 0.1) is 5.92 Å². The predicted molar refractivity (Wildman–Crippen MR) is 106 cm³/mol. The Labute approximate surface area is 169 Å². The molecule has 10 heteroatoms. The lowest BCUT2D eigenvalue weighted by Crippen LogP contribution is -2.46. The van der Waals surface area contributed by atoms with Gasteiger partial charge in [0.15, 0.2) is 0 Å². The SMILES string of the molecule is N[C@@H](CCC(=O)O)C(=O)N1CCC[C@@H]1P(=O)(O)C[C@@H](Cc1ccccc1)C(=O)O. The van der Waals surface area contributed by atoms with Crippen LogP contribution in [0.2, 0.25) is 0 Å². The predicted octanol–water partition coefficient (Wildman–Crippen LogP) is 1.34. The molecule has 0 spiro atoms. The molecule has 160 valence electrons. The minimum atomic E-state index is -4.02. The van der Waals surface area contributed by atoms with Gasteiger partial charge >= 0.3 is 11.9 Å². The van der Waals surface area contributed by atoms with E-state index in [4.69, 9.17) is 10.8 Å². The van der Waals surface area contributed by atoms with Crippen LogP contribution in [0.1, 0.15) is 31.2 Å². The van der Waals surface area contributed by atoms with Crippen LogP contribution in [0.3, 0.4) is 0 Å². The highest BCUT2D eigenvalue weighted by Crippen LogP contribution is 2.53. The zero-order valence-electron chi connectivity index (χ0n) is 16.0. The smallest absolute Gasteiger partial charge is 0.307 e. The Morgan fingerprint density at radius 1 is 1.21 bits per heavy atom. The van der Waals surface area contributed by atoms with Gasteiger partial charge in [0.05, 0.1) is 12.0 Å². The summed E-state index contributed by atoms with van der Waals surface area (Å²) in [6.45, 7) is 0.241. The van der Waals surface area contributed by atoms with E-state index in [1.54, 1.807) is 30.3 Å². The van der Waals surface area contributed by atoms with Gasteiger partial charge in [0.25, 0.3) is 0 Å². The summed E-state index contributed by atoms with van der Waals surface area (Å²) < 4.78 is 13.1. The molecule has 1 aliphatic rings. The molecule has 1 aromatic rings. The van der Waals surface area contributed by atoms with Crippen LogP contribution in [-0.4, -0.2) is 62.4 Å². The molecule has 1 amide bonds. The van der Waals surface area contributed by atoms with Crippen LogP contribution in [0.25, 0.3) is 0 Å². The molecule has 1 fully saturated rings. The van der Waals surface area contributed by atoms with Gasteiger partial charge in [0, 0.05) is 19.1 Å². The van der Waals surface area contributed by atoms with E-state index < -0.39 is 49.1 Å². The largest absolute Gasteiger partial charge is 0.481 e. The highest BCUT2D eigenvalue weighted by Gasteiger charge is 2.44. The summed E-state index contributed by atoms with van der Waals surface area (Å²) in [6.07, 6.45) is 0.0979. The van der Waals surface area contributed by atoms with Gasteiger partial charge in [-0.3, -0.25) is 18.9 Å². The van der Waals surface area contributed by atoms with E-state index >= 15 is 0 Å². The number of carboxylic acids is 2. The van der Waals surface area contributed by atoms with Crippen LogP contribution in [0.5, 0.6) is 0 Å². The van der Waals surface area contributed by atoms with Gasteiger partial charge in [-0.15, -0.1) is 0 Å². The van der Waals surface area contributed by atoms with Crippen LogP contribution >= 0.6 is 7.37 Å². The first-order valence-corrected chi connectivity index (χ1v) is 11.4. The number of hydrogen-bond donors (Lipinski definition) is 4. The van der Waals surface area contributed by atoms with E-state index in [2.05, 4.69) is 0 Å². The molecular weight excluding hydrogens is 399 g/mol. The Morgan fingerprint density at radius 3 is 2.45 bits per heavy atom. The number of carbonyl (C=O) groups excluding carboxylic acids is 1. The van der Waals surface area contributed by atoms with Crippen molar-refractivity contribution in [1.82, 2.24) is 4.90 Å². The van der Waals surface area contributed by atoms with Gasteiger partial charge in [0.1, 0.15) is 5.78 Å². The van der Waals surface area contributed by atoms with E-state index in [0.29, 0.717) is 6.42 Å². The quantitative estimate of drug-likeness (QED) is 0.408. The van der Waals surface area contributed by atoms with E-state index in [1.807, 2.05) is 0 Å². The lowest BCUT2D eigenvalue weighted by atomic mass is 10.0. The van der Waals surface area contributed by atoms with Crippen LogP contribution < -0.4 is 5.73 Å². The Balaban J connectivity index is 2.10. The number of hydrogen-bond acceptors (Lipinski definition) is 5. The fourth-order valence-electron chi connectivity index (χ4n) is 3.61. The number of aliphatic carboxylic acids is 2. The number of likely N-dealkylation sites (tertiary alicyclic amines) is 1. The van der Waals surface area contributed by atoms with Crippen molar-refractivity contribution >= 4 is 25.2 Å². The average Bonchev–Trinajstić information content (AvgIpc) is 3.16. The van der Waals surface area contributed by atoms with Gasteiger partial charge in [-0.1, -0.05) is 30.3 Å². The summed E-state index contributed by atoms with van der Waals surface area (Å²) in [5, 5.41) is 18.3. The maximum absolute atomic E-state index is 13.1. The molecule has 0 aromatic heterocycles. The molecule has 1 saturated heterocycles. The molecular formula is C19H27N2O7P. The fourth-order valence-corrected chi connectivity index (χ4v) is 6.02. The molecule has 4 atom stereocenters. The highest BCUT2D eigenvalue weighted by molar-refractivity contribution is 7.58. The van der Waals surface area contributed by atoms with Crippen molar-refractivity contribution in [3.8, 4) is 0 Å². The monoisotopic (exact) mass is 426 g/mol. The summed E-state index contributed by atoms with van der Waals surface area (Å²) in [5.74, 6) is -4.88. The average molecular weight is 426 g/mol. The third-order valence-corrected chi connectivity index (χ3v) is 7.54. The molecule has 29 heavy (non-hydrogen) atoms. The zero-order chi connectivity index (χ0) is 21.6. The van der Waals surface area contributed by atoms with E-state index in [1.165, 1.54) is 4.90 Å². The minimum Gasteiger partial charge on any atom is -0.481 e. The van der Waals surface area contributed by atoms with Crippen molar-refractivity contribution in [2.45, 2.75) is 43.9 Å². The number of rotatable bonds is 10. The molecule has 1 aliphatic heterocycles. The summed E-state index contributed by atoms with van der Waals surface area (Å²) in [7, 11) is -4.02. The standard InChI is InChI=1S/C19H27N2O7P/c20-15(8-9-17(22)23)18(24)21-10-4-7-16(21)29(27,28)12-14(19(25)26)11-13-5-2-1-3-6-13/h1-3,5-6,14-16H,4,7-12,20H2,(H,22,23)(H,25,26)(H,27,28)/t14-,15+,16+/m1/s1. The van der Waals surface area contributed by atoms with Crippen molar-refractivity contribution in [2.75, 3.05) is 12.7 Å². The Morgan fingerprint density at radius 2 is 1.86 bits per heavy atom. The van der Waals surface area contributed by atoms with Gasteiger partial charge in [-0.25, -0.2) is 0 Å². The first-order valence-electron chi connectivity index (χ1n) is 9.48. The topological polar surface area (TPSA) is 158 Å². The molecule has 0 radical (unpaired) electrons. The molecule has 0 saturated carbocycles. The van der Waals surface area contributed by atoms with E-state index in [-0.39, 0.29) is 32.2 Å². The first kappa shape index (κ1) is 23.1. The summed E-state index contributed by atoms with van der Waals surface area (Å²) >= 11 is 0. The number of carboxylic acid groups (broad SMARTS) is 2. The zero-order valence-corrected chi connectivity index (χ0v) is 16.9. The molecule has 9 nitrogen and oxygen atoms in total. The molecule has 2 rings (SSSR count). The second kappa shape index (κ2) is 10.0. The van der Waals surface area contributed by atoms with Gasteiger partial charge < -0.3 is 25.7 Å². The van der Waals surface area contributed by atoms with Crippen LogP contribution in [0.4, 0.5) is 0 Å². The first-order chi connectivity index (χ1) is 13.6. The number of carbonyl (C=O) groups is 3.